The first-order valence-corrected chi connectivity index (χ1v) is 8.42. The minimum atomic E-state index is -0.406. The lowest BCUT2D eigenvalue weighted by atomic mass is 10.2. The number of benzene rings is 2. The van der Waals surface area contributed by atoms with Crippen LogP contribution in [0.2, 0.25) is 5.02 Å². The van der Waals surface area contributed by atoms with Crippen LogP contribution in [-0.4, -0.2) is 11.8 Å². The van der Waals surface area contributed by atoms with Gasteiger partial charge in [0.25, 0.3) is 11.8 Å². The highest BCUT2D eigenvalue weighted by atomic mass is 79.9. The van der Waals surface area contributed by atoms with Crippen LogP contribution in [0, 0.1) is 0 Å². The summed E-state index contributed by atoms with van der Waals surface area (Å²) >= 11 is 9.53. The number of amides is 2. The van der Waals surface area contributed by atoms with Gasteiger partial charge >= 0.3 is 0 Å². The fourth-order valence-electron chi connectivity index (χ4n) is 2.13. The van der Waals surface area contributed by atoms with Gasteiger partial charge in [-0.25, -0.2) is 0 Å². The molecule has 0 atom stereocenters. The van der Waals surface area contributed by atoms with Crippen LogP contribution in [0.5, 0.6) is 0 Å². The number of carbonyl (C=O) groups is 2. The second-order valence-corrected chi connectivity index (χ2v) is 6.32. The van der Waals surface area contributed by atoms with Gasteiger partial charge in [-0.2, -0.15) is 0 Å². The maximum absolute atomic E-state index is 12.3. The molecule has 3 rings (SSSR count). The standard InChI is InChI=1S/C18H12BrClN2O3/c19-13-5-2-1-4-12(13)17(23)21-11-7-8-15(14(20)10-11)22-18(24)16-6-3-9-25-16/h1-10H,(H,21,23)(H,22,24). The molecule has 2 aromatic carbocycles. The van der Waals surface area contributed by atoms with Gasteiger partial charge in [-0.3, -0.25) is 9.59 Å². The largest absolute Gasteiger partial charge is 0.459 e. The Balaban J connectivity index is 1.73. The van der Waals surface area contributed by atoms with Crippen molar-refractivity contribution in [1.82, 2.24) is 0 Å². The highest BCUT2D eigenvalue weighted by molar-refractivity contribution is 9.10. The molecule has 2 N–H and O–H groups in total. The molecule has 7 heteroatoms. The Kier molecular flexibility index (Phi) is 5.21. The normalized spacial score (nSPS) is 10.3. The first-order valence-electron chi connectivity index (χ1n) is 7.25. The van der Waals surface area contributed by atoms with Crippen molar-refractivity contribution in [3.05, 3.63) is 81.7 Å². The molecule has 5 nitrogen and oxygen atoms in total. The quantitative estimate of drug-likeness (QED) is 0.610. The van der Waals surface area contributed by atoms with E-state index in [1.54, 1.807) is 48.5 Å². The fourth-order valence-corrected chi connectivity index (χ4v) is 2.82. The molecule has 3 aromatic rings. The van der Waals surface area contributed by atoms with Crippen molar-refractivity contribution in [1.29, 1.82) is 0 Å². The number of nitrogens with one attached hydrogen (secondary N) is 2. The Morgan fingerprint density at radius 2 is 1.76 bits per heavy atom. The molecule has 0 unspecified atom stereocenters. The Hall–Kier alpha value is -2.57. The van der Waals surface area contributed by atoms with Gasteiger partial charge in [-0.1, -0.05) is 23.7 Å². The minimum absolute atomic E-state index is 0.183. The summed E-state index contributed by atoms with van der Waals surface area (Å²) in [5.74, 6) is -0.491. The van der Waals surface area contributed by atoms with E-state index in [2.05, 4.69) is 26.6 Å². The second-order valence-electron chi connectivity index (χ2n) is 5.06. The number of hydrogen-bond donors (Lipinski definition) is 2. The third-order valence-electron chi connectivity index (χ3n) is 3.34. The SMILES string of the molecule is O=C(Nc1ccc(NC(=O)c2ccccc2Br)cc1Cl)c1ccco1. The molecule has 0 spiro atoms. The topological polar surface area (TPSA) is 71.3 Å². The van der Waals surface area contributed by atoms with Gasteiger partial charge in [0.05, 0.1) is 22.5 Å². The first kappa shape index (κ1) is 17.3. The molecule has 2 amide bonds. The Labute approximate surface area is 157 Å². The summed E-state index contributed by atoms with van der Waals surface area (Å²) < 4.78 is 5.72. The van der Waals surface area contributed by atoms with Crippen molar-refractivity contribution in [2.75, 3.05) is 10.6 Å². The molecule has 25 heavy (non-hydrogen) atoms. The van der Waals surface area contributed by atoms with E-state index in [-0.39, 0.29) is 11.7 Å². The zero-order valence-corrected chi connectivity index (χ0v) is 15.1. The summed E-state index contributed by atoms with van der Waals surface area (Å²) in [6, 6.07) is 15.1. The summed E-state index contributed by atoms with van der Waals surface area (Å²) in [4.78, 5) is 24.3. The van der Waals surface area contributed by atoms with Crippen LogP contribution in [0.4, 0.5) is 11.4 Å². The van der Waals surface area contributed by atoms with Crippen LogP contribution in [-0.2, 0) is 0 Å². The van der Waals surface area contributed by atoms with Crippen molar-refractivity contribution in [2.24, 2.45) is 0 Å². The highest BCUT2D eigenvalue weighted by Gasteiger charge is 2.13. The second kappa shape index (κ2) is 7.55. The van der Waals surface area contributed by atoms with E-state index < -0.39 is 5.91 Å². The molecule has 0 saturated carbocycles. The smallest absolute Gasteiger partial charge is 0.291 e. The van der Waals surface area contributed by atoms with Crippen molar-refractivity contribution >= 4 is 50.7 Å². The molecule has 1 aromatic heterocycles. The van der Waals surface area contributed by atoms with E-state index in [1.165, 1.54) is 6.26 Å². The number of furan rings is 1. The Bertz CT molecular complexity index is 926. The average molecular weight is 420 g/mol. The highest BCUT2D eigenvalue weighted by Crippen LogP contribution is 2.27. The monoisotopic (exact) mass is 418 g/mol. The van der Waals surface area contributed by atoms with Crippen LogP contribution in [0.25, 0.3) is 0 Å². The van der Waals surface area contributed by atoms with E-state index in [0.717, 1.165) is 0 Å². The maximum Gasteiger partial charge on any atom is 0.291 e. The zero-order valence-electron chi connectivity index (χ0n) is 12.8. The van der Waals surface area contributed by atoms with Gasteiger partial charge in [0, 0.05) is 10.2 Å². The van der Waals surface area contributed by atoms with E-state index in [9.17, 15) is 9.59 Å². The average Bonchev–Trinajstić information content (AvgIpc) is 3.12. The number of carbonyl (C=O) groups excluding carboxylic acids is 2. The van der Waals surface area contributed by atoms with E-state index in [1.807, 2.05) is 6.07 Å². The predicted molar refractivity (Wildman–Crippen MR) is 100 cm³/mol. The van der Waals surface area contributed by atoms with Gasteiger partial charge in [0.15, 0.2) is 5.76 Å². The molecular formula is C18H12BrClN2O3. The van der Waals surface area contributed by atoms with Crippen LogP contribution in [0.1, 0.15) is 20.9 Å². The molecule has 0 aliphatic heterocycles. The van der Waals surface area contributed by atoms with Gasteiger partial charge < -0.3 is 15.1 Å². The number of anilines is 2. The first-order chi connectivity index (χ1) is 12.0. The van der Waals surface area contributed by atoms with Crippen LogP contribution >= 0.6 is 27.5 Å². The maximum atomic E-state index is 12.3. The molecular weight excluding hydrogens is 408 g/mol. The summed E-state index contributed by atoms with van der Waals surface area (Å²) in [6.45, 7) is 0. The third-order valence-corrected chi connectivity index (χ3v) is 4.34. The van der Waals surface area contributed by atoms with Crippen molar-refractivity contribution in [3.8, 4) is 0 Å². The lowest BCUT2D eigenvalue weighted by Gasteiger charge is -2.10. The van der Waals surface area contributed by atoms with E-state index in [0.29, 0.717) is 26.4 Å². The lowest BCUT2D eigenvalue weighted by molar-refractivity contribution is 0.0994. The molecule has 1 heterocycles. The number of rotatable bonds is 4. The van der Waals surface area contributed by atoms with Crippen molar-refractivity contribution < 1.29 is 14.0 Å². The summed E-state index contributed by atoms with van der Waals surface area (Å²) in [6.07, 6.45) is 1.41. The molecule has 0 saturated heterocycles. The minimum Gasteiger partial charge on any atom is -0.459 e. The predicted octanol–water partition coefficient (Wildman–Crippen LogP) is 5.20. The van der Waals surface area contributed by atoms with Gasteiger partial charge in [0.1, 0.15) is 0 Å². The van der Waals surface area contributed by atoms with Crippen LogP contribution < -0.4 is 10.6 Å². The molecule has 0 bridgehead atoms. The summed E-state index contributed by atoms with van der Waals surface area (Å²) in [5.41, 5.74) is 1.44. The molecule has 0 aliphatic rings. The van der Waals surface area contributed by atoms with Gasteiger partial charge in [-0.05, 0) is 58.4 Å². The lowest BCUT2D eigenvalue weighted by Crippen LogP contribution is -2.13. The Morgan fingerprint density at radius 1 is 0.960 bits per heavy atom. The molecule has 0 fully saturated rings. The Morgan fingerprint density at radius 3 is 2.44 bits per heavy atom. The summed E-state index contributed by atoms with van der Waals surface area (Å²) in [7, 11) is 0. The van der Waals surface area contributed by atoms with Crippen LogP contribution in [0.15, 0.2) is 69.8 Å². The molecule has 0 radical (unpaired) electrons. The number of halogens is 2. The van der Waals surface area contributed by atoms with Gasteiger partial charge in [0.2, 0.25) is 0 Å². The molecule has 0 aliphatic carbocycles. The summed E-state index contributed by atoms with van der Waals surface area (Å²) in [5, 5.41) is 5.71. The zero-order chi connectivity index (χ0) is 17.8. The third kappa shape index (κ3) is 4.10. The molecule has 126 valence electrons. The van der Waals surface area contributed by atoms with Gasteiger partial charge in [-0.15, -0.1) is 0 Å². The van der Waals surface area contributed by atoms with Crippen molar-refractivity contribution in [2.45, 2.75) is 0 Å². The van der Waals surface area contributed by atoms with Crippen molar-refractivity contribution in [3.63, 3.8) is 0 Å². The fraction of sp³-hybridized carbons (Fsp3) is 0. The van der Waals surface area contributed by atoms with E-state index in [4.69, 9.17) is 16.0 Å². The number of hydrogen-bond acceptors (Lipinski definition) is 3. The van der Waals surface area contributed by atoms with Crippen LogP contribution in [0.3, 0.4) is 0 Å². The van der Waals surface area contributed by atoms with E-state index >= 15 is 0 Å².